The summed E-state index contributed by atoms with van der Waals surface area (Å²) >= 11 is 0. The highest BCUT2D eigenvalue weighted by Gasteiger charge is 2.21. The third kappa shape index (κ3) is 10.3. The van der Waals surface area contributed by atoms with Crippen LogP contribution in [0.15, 0.2) is 0 Å². The highest BCUT2D eigenvalue weighted by Crippen LogP contribution is 2.16. The van der Waals surface area contributed by atoms with Crippen LogP contribution in [0.2, 0.25) is 0 Å². The van der Waals surface area contributed by atoms with E-state index in [1.54, 1.807) is 0 Å². The summed E-state index contributed by atoms with van der Waals surface area (Å²) in [6.45, 7) is 3.38. The maximum atomic E-state index is 10.0. The zero-order valence-electron chi connectivity index (χ0n) is 14.4. The SMILES string of the molecule is CCCCCCCCCCCCCCC(O)C1CCCN1. The second-order valence-corrected chi connectivity index (χ2v) is 6.95. The Balaban J connectivity index is 1.74. The summed E-state index contributed by atoms with van der Waals surface area (Å²) < 4.78 is 0. The van der Waals surface area contributed by atoms with Crippen LogP contribution >= 0.6 is 0 Å². The lowest BCUT2D eigenvalue weighted by Gasteiger charge is -2.17. The normalized spacial score (nSPS) is 20.0. The van der Waals surface area contributed by atoms with E-state index >= 15 is 0 Å². The van der Waals surface area contributed by atoms with Crippen molar-refractivity contribution in [3.8, 4) is 0 Å². The van der Waals surface area contributed by atoms with E-state index in [9.17, 15) is 5.11 Å². The Hall–Kier alpha value is -0.0800. The van der Waals surface area contributed by atoms with Gasteiger partial charge < -0.3 is 10.4 Å². The van der Waals surface area contributed by atoms with Crippen LogP contribution in [-0.4, -0.2) is 23.8 Å². The average Bonchev–Trinajstić information content (AvgIpc) is 3.02. The minimum atomic E-state index is -0.101. The Bertz CT molecular complexity index is 214. The van der Waals surface area contributed by atoms with Gasteiger partial charge in [0, 0.05) is 6.04 Å². The number of aliphatic hydroxyl groups is 1. The lowest BCUT2D eigenvalue weighted by Crippen LogP contribution is -2.34. The molecule has 0 bridgehead atoms. The third-order valence-corrected chi connectivity index (χ3v) is 4.92. The van der Waals surface area contributed by atoms with Crippen molar-refractivity contribution in [2.24, 2.45) is 0 Å². The quantitative estimate of drug-likeness (QED) is 0.432. The van der Waals surface area contributed by atoms with Gasteiger partial charge in [0.1, 0.15) is 0 Å². The molecule has 126 valence electrons. The molecule has 0 aromatic rings. The molecule has 1 rings (SSSR count). The molecule has 1 saturated heterocycles. The Kier molecular flexibility index (Phi) is 12.3. The molecule has 1 fully saturated rings. The van der Waals surface area contributed by atoms with Crippen LogP contribution in [0.5, 0.6) is 0 Å². The lowest BCUT2D eigenvalue weighted by atomic mass is 10.0. The number of nitrogens with one attached hydrogen (secondary N) is 1. The first-order chi connectivity index (χ1) is 10.3. The topological polar surface area (TPSA) is 32.3 Å². The zero-order valence-corrected chi connectivity index (χ0v) is 14.4. The van der Waals surface area contributed by atoms with Crippen LogP contribution in [0.25, 0.3) is 0 Å². The molecule has 2 heteroatoms. The van der Waals surface area contributed by atoms with Crippen molar-refractivity contribution in [2.45, 2.75) is 115 Å². The monoisotopic (exact) mass is 297 g/mol. The molecule has 1 aliphatic heterocycles. The molecule has 21 heavy (non-hydrogen) atoms. The summed E-state index contributed by atoms with van der Waals surface area (Å²) in [6, 6.07) is 0.387. The molecular formula is C19H39NO. The summed E-state index contributed by atoms with van der Waals surface area (Å²) in [6.07, 6.45) is 20.0. The van der Waals surface area contributed by atoms with Crippen LogP contribution in [0.4, 0.5) is 0 Å². The maximum absolute atomic E-state index is 10.0. The minimum absolute atomic E-state index is 0.101. The van der Waals surface area contributed by atoms with Crippen molar-refractivity contribution < 1.29 is 5.11 Å². The smallest absolute Gasteiger partial charge is 0.0693 e. The second-order valence-electron chi connectivity index (χ2n) is 6.95. The van der Waals surface area contributed by atoms with Crippen molar-refractivity contribution in [1.82, 2.24) is 5.32 Å². The van der Waals surface area contributed by atoms with E-state index in [0.29, 0.717) is 6.04 Å². The molecule has 0 spiro atoms. The number of hydrogen-bond acceptors (Lipinski definition) is 2. The van der Waals surface area contributed by atoms with Crippen LogP contribution in [0.3, 0.4) is 0 Å². The molecule has 1 aliphatic rings. The number of rotatable bonds is 14. The molecule has 0 aromatic carbocycles. The Morgan fingerprint density at radius 2 is 1.38 bits per heavy atom. The molecule has 1 heterocycles. The zero-order chi connectivity index (χ0) is 15.2. The summed E-state index contributed by atoms with van der Waals surface area (Å²) in [5.41, 5.74) is 0. The molecule has 0 amide bonds. The maximum Gasteiger partial charge on any atom is 0.0693 e. The summed E-state index contributed by atoms with van der Waals surface area (Å²) in [5.74, 6) is 0. The molecule has 2 atom stereocenters. The predicted octanol–water partition coefficient (Wildman–Crippen LogP) is 5.19. The first-order valence-corrected chi connectivity index (χ1v) is 9.76. The standard InChI is InChI=1S/C19H39NO/c1-2-3-4-5-6-7-8-9-10-11-12-13-16-19(21)18-15-14-17-20-18/h18-21H,2-17H2,1H3. The van der Waals surface area contributed by atoms with Gasteiger partial charge in [0.05, 0.1) is 6.10 Å². The van der Waals surface area contributed by atoms with Crippen molar-refractivity contribution in [1.29, 1.82) is 0 Å². The van der Waals surface area contributed by atoms with E-state index in [2.05, 4.69) is 12.2 Å². The highest BCUT2D eigenvalue weighted by molar-refractivity contribution is 4.80. The van der Waals surface area contributed by atoms with Gasteiger partial charge in [0.25, 0.3) is 0 Å². The molecule has 2 N–H and O–H groups in total. The van der Waals surface area contributed by atoms with Crippen molar-refractivity contribution >= 4 is 0 Å². The lowest BCUT2D eigenvalue weighted by molar-refractivity contribution is 0.123. The van der Waals surface area contributed by atoms with Gasteiger partial charge in [-0.3, -0.25) is 0 Å². The molecule has 0 saturated carbocycles. The van der Waals surface area contributed by atoms with E-state index in [0.717, 1.165) is 13.0 Å². The van der Waals surface area contributed by atoms with Gasteiger partial charge in [-0.1, -0.05) is 84.0 Å². The number of unbranched alkanes of at least 4 members (excludes halogenated alkanes) is 11. The highest BCUT2D eigenvalue weighted by atomic mass is 16.3. The fourth-order valence-electron chi connectivity index (χ4n) is 3.44. The molecular weight excluding hydrogens is 258 g/mol. The average molecular weight is 298 g/mol. The van der Waals surface area contributed by atoms with E-state index in [4.69, 9.17) is 0 Å². The fraction of sp³-hybridized carbons (Fsp3) is 1.00. The van der Waals surface area contributed by atoms with Gasteiger partial charge in [0.2, 0.25) is 0 Å². The van der Waals surface area contributed by atoms with E-state index < -0.39 is 0 Å². The van der Waals surface area contributed by atoms with Crippen LogP contribution in [0, 0.1) is 0 Å². The summed E-state index contributed by atoms with van der Waals surface area (Å²) in [7, 11) is 0. The van der Waals surface area contributed by atoms with Crippen molar-refractivity contribution in [2.75, 3.05) is 6.54 Å². The van der Waals surface area contributed by atoms with Crippen LogP contribution in [-0.2, 0) is 0 Å². The van der Waals surface area contributed by atoms with Gasteiger partial charge >= 0.3 is 0 Å². The van der Waals surface area contributed by atoms with Gasteiger partial charge in [-0.05, 0) is 25.8 Å². The summed E-state index contributed by atoms with van der Waals surface area (Å²) in [4.78, 5) is 0. The Labute approximate surface area is 133 Å². The van der Waals surface area contributed by atoms with Crippen molar-refractivity contribution in [3.63, 3.8) is 0 Å². The van der Waals surface area contributed by atoms with E-state index in [1.807, 2.05) is 0 Å². The van der Waals surface area contributed by atoms with Gasteiger partial charge in [-0.2, -0.15) is 0 Å². The molecule has 0 aromatic heterocycles. The van der Waals surface area contributed by atoms with Crippen molar-refractivity contribution in [3.05, 3.63) is 0 Å². The summed E-state index contributed by atoms with van der Waals surface area (Å²) in [5, 5.41) is 13.4. The van der Waals surface area contributed by atoms with Crippen LogP contribution in [0.1, 0.15) is 103 Å². The molecule has 0 aliphatic carbocycles. The van der Waals surface area contributed by atoms with E-state index in [1.165, 1.54) is 89.9 Å². The number of aliphatic hydroxyl groups excluding tert-OH is 1. The number of hydrogen-bond donors (Lipinski definition) is 2. The van der Waals surface area contributed by atoms with Gasteiger partial charge in [0.15, 0.2) is 0 Å². The van der Waals surface area contributed by atoms with E-state index in [-0.39, 0.29) is 6.10 Å². The van der Waals surface area contributed by atoms with Gasteiger partial charge in [-0.15, -0.1) is 0 Å². The Morgan fingerprint density at radius 3 is 1.86 bits per heavy atom. The molecule has 2 nitrogen and oxygen atoms in total. The first kappa shape index (κ1) is 19.0. The molecule has 0 radical (unpaired) electrons. The largest absolute Gasteiger partial charge is 0.392 e. The minimum Gasteiger partial charge on any atom is -0.392 e. The third-order valence-electron chi connectivity index (χ3n) is 4.92. The van der Waals surface area contributed by atoms with Crippen LogP contribution < -0.4 is 5.32 Å². The fourth-order valence-corrected chi connectivity index (χ4v) is 3.44. The first-order valence-electron chi connectivity index (χ1n) is 9.76. The molecule has 2 unspecified atom stereocenters. The predicted molar refractivity (Wildman–Crippen MR) is 92.7 cm³/mol. The Morgan fingerprint density at radius 1 is 0.857 bits per heavy atom. The second kappa shape index (κ2) is 13.6. The van der Waals surface area contributed by atoms with Gasteiger partial charge in [-0.25, -0.2) is 0 Å².